The molecule has 3 heteroatoms. The number of hydrogen-bond donors (Lipinski definition) is 0. The topological polar surface area (TPSA) is 43.4 Å². The maximum atomic E-state index is 11.8. The van der Waals surface area contributed by atoms with Crippen LogP contribution >= 0.6 is 0 Å². The van der Waals surface area contributed by atoms with E-state index in [-0.39, 0.29) is 11.4 Å². The number of carbonyl (C=O) groups is 2. The molecule has 4 aliphatic rings. The number of rotatable bonds is 2. The summed E-state index contributed by atoms with van der Waals surface area (Å²) >= 11 is 0. The van der Waals surface area contributed by atoms with Crippen molar-refractivity contribution in [2.75, 3.05) is 0 Å². The van der Waals surface area contributed by atoms with Gasteiger partial charge in [-0.2, -0.15) is 0 Å². The van der Waals surface area contributed by atoms with Crippen molar-refractivity contribution >= 4 is 11.8 Å². The molecule has 4 rings (SSSR count). The van der Waals surface area contributed by atoms with Crippen LogP contribution in [0, 0.1) is 41.4 Å². The van der Waals surface area contributed by atoms with Crippen LogP contribution in [-0.2, 0) is 14.3 Å². The van der Waals surface area contributed by atoms with Crippen LogP contribution in [0.15, 0.2) is 11.6 Å². The van der Waals surface area contributed by atoms with E-state index in [1.165, 1.54) is 12.5 Å². The summed E-state index contributed by atoms with van der Waals surface area (Å²) in [7, 11) is 0. The summed E-state index contributed by atoms with van der Waals surface area (Å²) in [6.45, 7) is 3.71. The van der Waals surface area contributed by atoms with E-state index in [4.69, 9.17) is 11.2 Å². The number of hydrogen-bond acceptors (Lipinski definition) is 3. The fourth-order valence-electron chi connectivity index (χ4n) is 7.36. The molecule has 0 aliphatic heterocycles. The van der Waals surface area contributed by atoms with Gasteiger partial charge in [0.05, 0.1) is 0 Å². The van der Waals surface area contributed by atoms with Gasteiger partial charge in [0.15, 0.2) is 11.4 Å². The van der Waals surface area contributed by atoms with Crippen LogP contribution in [0.1, 0.15) is 71.6 Å². The van der Waals surface area contributed by atoms with Crippen LogP contribution in [-0.4, -0.2) is 17.4 Å². The van der Waals surface area contributed by atoms with Gasteiger partial charge in [0.25, 0.3) is 0 Å². The van der Waals surface area contributed by atoms with Crippen LogP contribution in [0.2, 0.25) is 0 Å². The third-order valence-corrected chi connectivity index (χ3v) is 8.30. The minimum atomic E-state index is -0.720. The van der Waals surface area contributed by atoms with Crippen molar-refractivity contribution < 1.29 is 14.3 Å². The van der Waals surface area contributed by atoms with Gasteiger partial charge in [-0.25, -0.2) is 0 Å². The molecule has 3 saturated carbocycles. The van der Waals surface area contributed by atoms with Crippen molar-refractivity contribution in [1.29, 1.82) is 0 Å². The summed E-state index contributed by atoms with van der Waals surface area (Å²) in [6.07, 6.45) is 17.0. The number of allylic oxidation sites excluding steroid dienone is 1. The third kappa shape index (κ3) is 2.34. The predicted octanol–water partition coefficient (Wildman–Crippen LogP) is 4.45. The predicted molar refractivity (Wildman–Crippen MR) is 100 cm³/mol. The number of ether oxygens (including phenoxy) is 1. The summed E-state index contributed by atoms with van der Waals surface area (Å²) in [6, 6.07) is 0. The van der Waals surface area contributed by atoms with E-state index in [0.29, 0.717) is 35.9 Å². The first kappa shape index (κ1) is 17.8. The van der Waals surface area contributed by atoms with Gasteiger partial charge < -0.3 is 4.74 Å². The average Bonchev–Trinajstić information content (AvgIpc) is 2.95. The number of esters is 1. The molecule has 3 fully saturated rings. The fourth-order valence-corrected chi connectivity index (χ4v) is 7.36. The second-order valence-corrected chi connectivity index (χ2v) is 8.96. The molecule has 0 heterocycles. The van der Waals surface area contributed by atoms with Crippen LogP contribution < -0.4 is 0 Å². The lowest BCUT2D eigenvalue weighted by molar-refractivity contribution is -0.170. The van der Waals surface area contributed by atoms with Crippen LogP contribution in [0.25, 0.3) is 0 Å². The lowest BCUT2D eigenvalue weighted by Gasteiger charge is -2.56. The van der Waals surface area contributed by atoms with E-state index < -0.39 is 5.60 Å². The molecule has 0 radical (unpaired) electrons. The van der Waals surface area contributed by atoms with Gasteiger partial charge in [0.1, 0.15) is 0 Å². The van der Waals surface area contributed by atoms with Gasteiger partial charge in [0.2, 0.25) is 0 Å². The van der Waals surface area contributed by atoms with Crippen molar-refractivity contribution in [3.63, 3.8) is 0 Å². The van der Waals surface area contributed by atoms with Crippen molar-refractivity contribution in [2.24, 2.45) is 29.1 Å². The molecule has 140 valence electrons. The Labute approximate surface area is 156 Å². The van der Waals surface area contributed by atoms with Crippen LogP contribution in [0.3, 0.4) is 0 Å². The SMILES string of the molecule is C#C[C@]1(OC(C)=O)CC[C@H]2[C@@H]3CCC4=CC(=O)CC[C@@H]4[C@H]3CC[C@@]21CC. The molecule has 0 saturated heterocycles. The summed E-state index contributed by atoms with van der Waals surface area (Å²) < 4.78 is 5.88. The van der Waals surface area contributed by atoms with Crippen molar-refractivity contribution in [2.45, 2.75) is 77.2 Å². The maximum Gasteiger partial charge on any atom is 0.304 e. The highest BCUT2D eigenvalue weighted by atomic mass is 16.6. The monoisotopic (exact) mass is 354 g/mol. The second-order valence-electron chi connectivity index (χ2n) is 8.96. The Morgan fingerprint density at radius 1 is 1.23 bits per heavy atom. The standard InChI is InChI=1S/C23H30O3/c1-4-22-12-10-19-18-9-7-17(25)14-16(18)6-8-20(19)21(22)11-13-23(22,5-2)26-15(3)24/h2,14,18-21H,4,6-13H2,1,3H3/t18-,19+,20+,21-,22-,23-/m0/s1. The zero-order valence-electron chi connectivity index (χ0n) is 16.1. The average molecular weight is 354 g/mol. The van der Waals surface area contributed by atoms with Crippen molar-refractivity contribution in [3.8, 4) is 12.3 Å². The van der Waals surface area contributed by atoms with E-state index in [1.807, 2.05) is 6.08 Å². The summed E-state index contributed by atoms with van der Waals surface area (Å²) in [5, 5.41) is 0. The third-order valence-electron chi connectivity index (χ3n) is 8.30. The molecule has 0 aromatic carbocycles. The molecule has 0 unspecified atom stereocenters. The van der Waals surface area contributed by atoms with E-state index >= 15 is 0 Å². The lowest BCUT2D eigenvalue weighted by Crippen LogP contribution is -2.55. The smallest absolute Gasteiger partial charge is 0.304 e. The summed E-state index contributed by atoms with van der Waals surface area (Å²) in [5.41, 5.74) is 0.620. The van der Waals surface area contributed by atoms with E-state index in [2.05, 4.69) is 12.8 Å². The Morgan fingerprint density at radius 2 is 2.04 bits per heavy atom. The molecule has 0 aromatic rings. The Balaban J connectivity index is 1.68. The summed E-state index contributed by atoms with van der Waals surface area (Å²) in [5.74, 6) is 5.49. The minimum Gasteiger partial charge on any atom is -0.445 e. The van der Waals surface area contributed by atoms with Gasteiger partial charge in [-0.05, 0) is 81.1 Å². The van der Waals surface area contributed by atoms with Gasteiger partial charge in [-0.1, -0.05) is 18.4 Å². The molecule has 0 aromatic heterocycles. The molecule has 0 spiro atoms. The molecular formula is C23H30O3. The fraction of sp³-hybridized carbons (Fsp3) is 0.739. The molecule has 6 atom stereocenters. The maximum absolute atomic E-state index is 11.8. The molecule has 0 N–H and O–H groups in total. The Hall–Kier alpha value is -1.56. The van der Waals surface area contributed by atoms with E-state index in [0.717, 1.165) is 51.4 Å². The largest absolute Gasteiger partial charge is 0.445 e. The number of terminal acetylenes is 1. The normalized spacial score (nSPS) is 44.2. The first-order valence-corrected chi connectivity index (χ1v) is 10.4. The highest BCUT2D eigenvalue weighted by molar-refractivity contribution is 5.91. The quantitative estimate of drug-likeness (QED) is 0.543. The molecule has 0 amide bonds. The lowest BCUT2D eigenvalue weighted by atomic mass is 9.49. The van der Waals surface area contributed by atoms with Crippen LogP contribution in [0.4, 0.5) is 0 Å². The van der Waals surface area contributed by atoms with Gasteiger partial charge >= 0.3 is 5.97 Å². The van der Waals surface area contributed by atoms with Crippen molar-refractivity contribution in [1.82, 2.24) is 0 Å². The minimum absolute atomic E-state index is 0.0692. The first-order valence-electron chi connectivity index (χ1n) is 10.4. The van der Waals surface area contributed by atoms with Gasteiger partial charge in [-0.3, -0.25) is 9.59 Å². The molecule has 3 nitrogen and oxygen atoms in total. The van der Waals surface area contributed by atoms with Gasteiger partial charge in [0, 0.05) is 18.8 Å². The van der Waals surface area contributed by atoms with Crippen molar-refractivity contribution in [3.05, 3.63) is 11.6 Å². The second kappa shape index (κ2) is 6.25. The zero-order valence-corrected chi connectivity index (χ0v) is 16.1. The Bertz CT molecular complexity index is 699. The molecule has 0 bridgehead atoms. The van der Waals surface area contributed by atoms with E-state index in [9.17, 15) is 9.59 Å². The first-order chi connectivity index (χ1) is 12.5. The zero-order chi connectivity index (χ0) is 18.5. The van der Waals surface area contributed by atoms with E-state index in [1.54, 1.807) is 0 Å². The number of fused-ring (bicyclic) bond motifs is 5. The highest BCUT2D eigenvalue weighted by Crippen LogP contribution is 2.67. The molecular weight excluding hydrogens is 324 g/mol. The molecule has 26 heavy (non-hydrogen) atoms. The highest BCUT2D eigenvalue weighted by Gasteiger charge is 2.65. The van der Waals surface area contributed by atoms with Gasteiger partial charge in [-0.15, -0.1) is 6.42 Å². The number of ketones is 1. The summed E-state index contributed by atoms with van der Waals surface area (Å²) in [4.78, 5) is 23.7. The van der Waals surface area contributed by atoms with Crippen LogP contribution in [0.5, 0.6) is 0 Å². The Kier molecular flexibility index (Phi) is 4.29. The molecule has 4 aliphatic carbocycles. The number of carbonyl (C=O) groups excluding carboxylic acids is 2. The Morgan fingerprint density at radius 3 is 2.73 bits per heavy atom.